The Labute approximate surface area is 190 Å². The highest BCUT2D eigenvalue weighted by atomic mass is 35.5. The van der Waals surface area contributed by atoms with Crippen LogP contribution in [0.1, 0.15) is 64.4 Å². The smallest absolute Gasteiger partial charge is 0.293 e. The van der Waals surface area contributed by atoms with Crippen LogP contribution in [0.15, 0.2) is 30.5 Å². The lowest BCUT2D eigenvalue weighted by Gasteiger charge is -2.38. The summed E-state index contributed by atoms with van der Waals surface area (Å²) in [6, 6.07) is 8.82. The van der Waals surface area contributed by atoms with Crippen LogP contribution in [0.5, 0.6) is 0 Å². The van der Waals surface area contributed by atoms with E-state index in [9.17, 15) is 4.79 Å². The number of carbonyl (C=O) groups is 1. The van der Waals surface area contributed by atoms with Crippen LogP contribution in [0.3, 0.4) is 0 Å². The first-order valence-corrected chi connectivity index (χ1v) is 11.6. The van der Waals surface area contributed by atoms with E-state index in [-0.39, 0.29) is 11.2 Å². The number of aromatic nitrogens is 2. The van der Waals surface area contributed by atoms with E-state index in [4.69, 9.17) is 16.3 Å². The molecule has 1 saturated carbocycles. The van der Waals surface area contributed by atoms with Crippen molar-refractivity contribution in [3.8, 4) is 0 Å². The van der Waals surface area contributed by atoms with Crippen LogP contribution in [-0.2, 0) is 9.53 Å². The van der Waals surface area contributed by atoms with Crippen LogP contribution in [-0.4, -0.2) is 35.6 Å². The monoisotopic (exact) mass is 444 g/mol. The zero-order valence-corrected chi connectivity index (χ0v) is 19.4. The molecule has 31 heavy (non-hydrogen) atoms. The largest absolute Gasteiger partial charge is 0.467 e. The third-order valence-corrected chi connectivity index (χ3v) is 5.96. The van der Waals surface area contributed by atoms with Crippen LogP contribution in [0.25, 0.3) is 0 Å². The van der Waals surface area contributed by atoms with Gasteiger partial charge < -0.3 is 15.0 Å². The van der Waals surface area contributed by atoms with Crippen molar-refractivity contribution in [1.29, 1.82) is 0 Å². The lowest BCUT2D eigenvalue weighted by Crippen LogP contribution is -2.39. The maximum atomic E-state index is 10.6. The Hall–Kier alpha value is -2.34. The van der Waals surface area contributed by atoms with E-state index in [1.807, 2.05) is 6.07 Å². The number of anilines is 3. The topological polar surface area (TPSA) is 67.3 Å². The van der Waals surface area contributed by atoms with Gasteiger partial charge in [-0.15, -0.1) is 0 Å². The van der Waals surface area contributed by atoms with Crippen molar-refractivity contribution in [2.45, 2.75) is 64.8 Å². The second kappa shape index (κ2) is 11.3. The van der Waals surface area contributed by atoms with Crippen molar-refractivity contribution < 1.29 is 9.53 Å². The number of nitrogens with one attached hydrogen (secondary N) is 1. The molecule has 2 aromatic rings. The predicted octanol–water partition coefficient (Wildman–Crippen LogP) is 5.95. The van der Waals surface area contributed by atoms with E-state index in [2.05, 4.69) is 59.2 Å². The maximum Gasteiger partial charge on any atom is 0.293 e. The van der Waals surface area contributed by atoms with Gasteiger partial charge in [0, 0.05) is 24.7 Å². The lowest BCUT2D eigenvalue weighted by atomic mass is 9.92. The van der Waals surface area contributed by atoms with E-state index in [0.717, 1.165) is 17.8 Å². The van der Waals surface area contributed by atoms with Crippen molar-refractivity contribution >= 4 is 35.3 Å². The summed E-state index contributed by atoms with van der Waals surface area (Å²) in [5, 5.41) is 3.68. The molecule has 1 aromatic carbocycles. The molecular weight excluding hydrogens is 412 g/mol. The summed E-state index contributed by atoms with van der Waals surface area (Å²) in [6.07, 6.45) is 7.97. The molecule has 0 bridgehead atoms. The van der Waals surface area contributed by atoms with E-state index >= 15 is 0 Å². The third-order valence-electron chi connectivity index (χ3n) is 5.78. The molecule has 0 saturated heterocycles. The highest BCUT2D eigenvalue weighted by Gasteiger charge is 2.25. The molecule has 1 atom stereocenters. The van der Waals surface area contributed by atoms with Crippen molar-refractivity contribution in [2.24, 2.45) is 5.92 Å². The number of nitrogens with zero attached hydrogens (tertiary/aromatic N) is 3. The minimum atomic E-state index is 0.0852. The van der Waals surface area contributed by atoms with Gasteiger partial charge in [-0.1, -0.05) is 46.1 Å². The van der Waals surface area contributed by atoms with E-state index in [1.54, 1.807) is 6.20 Å². The second-order valence-electron chi connectivity index (χ2n) is 8.78. The number of hydrogen-bond acceptors (Lipinski definition) is 6. The second-order valence-corrected chi connectivity index (χ2v) is 9.12. The summed E-state index contributed by atoms with van der Waals surface area (Å²) < 4.78 is 5.00. The van der Waals surface area contributed by atoms with E-state index in [0.29, 0.717) is 30.9 Å². The summed E-state index contributed by atoms with van der Waals surface area (Å²) in [5.74, 6) is 1.29. The third kappa shape index (κ3) is 6.57. The Morgan fingerprint density at radius 1 is 1.23 bits per heavy atom. The Morgan fingerprint density at radius 3 is 2.68 bits per heavy atom. The van der Waals surface area contributed by atoms with Crippen LogP contribution < -0.4 is 10.2 Å². The first-order chi connectivity index (χ1) is 15.0. The average molecular weight is 445 g/mol. The fraction of sp³-hybridized carbons (Fsp3) is 0.542. The average Bonchev–Trinajstić information content (AvgIpc) is 2.76. The number of ether oxygens (including phenoxy) is 1. The zero-order chi connectivity index (χ0) is 22.2. The van der Waals surface area contributed by atoms with Gasteiger partial charge in [-0.3, -0.25) is 4.79 Å². The molecule has 168 valence electrons. The SMILES string of the molecule is CC(C)CN(c1ccc(C(C)COC=O)cc1Nc1ccnc(Cl)n1)C1CCCCC1. The molecule has 7 heteroatoms. The number of halogens is 1. The molecule has 3 rings (SSSR count). The van der Waals surface area contributed by atoms with Gasteiger partial charge in [0.15, 0.2) is 0 Å². The molecule has 0 radical (unpaired) electrons. The van der Waals surface area contributed by atoms with Crippen molar-refractivity contribution in [1.82, 2.24) is 9.97 Å². The Morgan fingerprint density at radius 2 is 2.00 bits per heavy atom. The van der Waals surface area contributed by atoms with Gasteiger partial charge in [0.1, 0.15) is 5.82 Å². The standard InChI is InChI=1S/C24H33ClN4O2/c1-17(2)14-29(20-7-5-4-6-8-20)22-10-9-19(18(3)15-31-16-30)13-21(22)27-23-11-12-26-24(25)28-23/h9-13,16-18,20H,4-8,14-15H2,1-3H3,(H,26,27,28). The fourth-order valence-corrected chi connectivity index (χ4v) is 4.41. The molecule has 0 spiro atoms. The molecule has 1 fully saturated rings. The van der Waals surface area contributed by atoms with Crippen molar-refractivity contribution in [3.05, 3.63) is 41.3 Å². The summed E-state index contributed by atoms with van der Waals surface area (Å²) >= 11 is 6.02. The van der Waals surface area contributed by atoms with Gasteiger partial charge >= 0.3 is 0 Å². The Kier molecular flexibility index (Phi) is 8.52. The normalized spacial score (nSPS) is 15.5. The van der Waals surface area contributed by atoms with Crippen LogP contribution >= 0.6 is 11.6 Å². The molecule has 0 amide bonds. The van der Waals surface area contributed by atoms with Crippen LogP contribution in [0.4, 0.5) is 17.2 Å². The number of benzene rings is 1. The highest BCUT2D eigenvalue weighted by Crippen LogP contribution is 2.36. The lowest BCUT2D eigenvalue weighted by molar-refractivity contribution is -0.129. The highest BCUT2D eigenvalue weighted by molar-refractivity contribution is 6.28. The van der Waals surface area contributed by atoms with Gasteiger partial charge in [0.2, 0.25) is 5.28 Å². The molecular formula is C24H33ClN4O2. The van der Waals surface area contributed by atoms with Gasteiger partial charge in [-0.05, 0) is 54.1 Å². The summed E-state index contributed by atoms with van der Waals surface area (Å²) in [7, 11) is 0. The van der Waals surface area contributed by atoms with Crippen molar-refractivity contribution in [3.63, 3.8) is 0 Å². The molecule has 6 nitrogen and oxygen atoms in total. The molecule has 1 heterocycles. The Balaban J connectivity index is 1.99. The molecule has 1 aliphatic carbocycles. The molecule has 1 unspecified atom stereocenters. The Bertz CT molecular complexity index is 855. The maximum absolute atomic E-state index is 10.6. The number of carbonyl (C=O) groups excluding carboxylic acids is 1. The van der Waals surface area contributed by atoms with Gasteiger partial charge in [-0.2, -0.15) is 0 Å². The predicted molar refractivity (Wildman–Crippen MR) is 126 cm³/mol. The van der Waals surface area contributed by atoms with Gasteiger partial charge in [-0.25, -0.2) is 9.97 Å². The number of rotatable bonds is 10. The summed E-state index contributed by atoms with van der Waals surface area (Å²) in [6.45, 7) is 8.42. The van der Waals surface area contributed by atoms with Gasteiger partial charge in [0.25, 0.3) is 6.47 Å². The minimum Gasteiger partial charge on any atom is -0.467 e. The summed E-state index contributed by atoms with van der Waals surface area (Å²) in [4.78, 5) is 21.5. The first-order valence-electron chi connectivity index (χ1n) is 11.2. The van der Waals surface area contributed by atoms with E-state index < -0.39 is 0 Å². The van der Waals surface area contributed by atoms with Gasteiger partial charge in [0.05, 0.1) is 18.0 Å². The minimum absolute atomic E-state index is 0.0852. The molecule has 1 N–H and O–H groups in total. The quantitative estimate of drug-likeness (QED) is 0.361. The van der Waals surface area contributed by atoms with E-state index in [1.165, 1.54) is 37.8 Å². The fourth-order valence-electron chi connectivity index (χ4n) is 4.26. The molecule has 0 aliphatic heterocycles. The first kappa shape index (κ1) is 23.3. The molecule has 1 aromatic heterocycles. The van der Waals surface area contributed by atoms with Crippen molar-refractivity contribution in [2.75, 3.05) is 23.4 Å². The van der Waals surface area contributed by atoms with Crippen LogP contribution in [0, 0.1) is 5.92 Å². The van der Waals surface area contributed by atoms with Crippen LogP contribution in [0.2, 0.25) is 5.28 Å². The zero-order valence-electron chi connectivity index (χ0n) is 18.7. The number of hydrogen-bond donors (Lipinski definition) is 1. The summed E-state index contributed by atoms with van der Waals surface area (Å²) in [5.41, 5.74) is 3.25. The molecule has 1 aliphatic rings.